The van der Waals surface area contributed by atoms with Gasteiger partial charge < -0.3 is 10.1 Å². The molecule has 0 aromatic heterocycles. The number of hydrogen-bond donors (Lipinski definition) is 1. The van der Waals surface area contributed by atoms with Crippen LogP contribution in [-0.2, 0) is 4.79 Å². The molecule has 0 saturated carbocycles. The van der Waals surface area contributed by atoms with Crippen molar-refractivity contribution in [2.75, 3.05) is 5.32 Å². The molecular weight excluding hydrogens is 245 g/mol. The quantitative estimate of drug-likeness (QED) is 0.908. The first-order valence-corrected chi connectivity index (χ1v) is 5.87. The summed E-state index contributed by atoms with van der Waals surface area (Å²) in [5.74, 6) is 0.368. The number of aryl methyl sites for hydroxylation is 1. The van der Waals surface area contributed by atoms with E-state index in [2.05, 4.69) is 5.32 Å². The Hall–Kier alpha value is -2.36. The van der Waals surface area contributed by atoms with E-state index in [0.29, 0.717) is 17.2 Å². The van der Waals surface area contributed by atoms with E-state index in [0.717, 1.165) is 5.56 Å². The van der Waals surface area contributed by atoms with Crippen molar-refractivity contribution in [2.45, 2.75) is 13.8 Å². The molecule has 0 heterocycles. The monoisotopic (exact) mass is 259 g/mol. The Balaban J connectivity index is 2.34. The van der Waals surface area contributed by atoms with Crippen molar-refractivity contribution in [2.24, 2.45) is 0 Å². The van der Waals surface area contributed by atoms with E-state index in [1.807, 2.05) is 31.2 Å². The molecule has 0 saturated heterocycles. The maximum atomic E-state index is 13.2. The lowest BCUT2D eigenvalue weighted by atomic mass is 10.2. The zero-order chi connectivity index (χ0) is 13.8. The van der Waals surface area contributed by atoms with Crippen molar-refractivity contribution in [1.29, 1.82) is 0 Å². The summed E-state index contributed by atoms with van der Waals surface area (Å²) in [5.41, 5.74) is 1.27. The molecule has 0 aliphatic rings. The third kappa shape index (κ3) is 3.31. The highest BCUT2D eigenvalue weighted by Crippen LogP contribution is 2.31. The predicted octanol–water partition coefficient (Wildman–Crippen LogP) is 3.88. The Morgan fingerprint density at radius 2 is 1.89 bits per heavy atom. The van der Waals surface area contributed by atoms with Gasteiger partial charge in [-0.25, -0.2) is 4.39 Å². The number of carbonyl (C=O) groups excluding carboxylic acids is 1. The molecular formula is C15H14FNO2. The molecule has 0 unspecified atom stereocenters. The average Bonchev–Trinajstić information content (AvgIpc) is 2.34. The van der Waals surface area contributed by atoms with Crippen LogP contribution in [0.4, 0.5) is 10.1 Å². The Morgan fingerprint density at radius 1 is 1.16 bits per heavy atom. The molecule has 2 aromatic rings. The van der Waals surface area contributed by atoms with E-state index in [4.69, 9.17) is 4.74 Å². The van der Waals surface area contributed by atoms with Gasteiger partial charge in [-0.1, -0.05) is 18.2 Å². The molecule has 0 aliphatic carbocycles. The summed E-state index contributed by atoms with van der Waals surface area (Å²) in [7, 11) is 0. The van der Waals surface area contributed by atoms with E-state index >= 15 is 0 Å². The number of hydrogen-bond acceptors (Lipinski definition) is 2. The molecule has 4 heteroatoms. The molecule has 0 aliphatic heterocycles. The van der Waals surface area contributed by atoms with Crippen LogP contribution in [0.25, 0.3) is 0 Å². The van der Waals surface area contributed by atoms with Gasteiger partial charge in [0, 0.05) is 13.0 Å². The average molecular weight is 259 g/mol. The van der Waals surface area contributed by atoms with E-state index in [-0.39, 0.29) is 5.91 Å². The summed E-state index contributed by atoms with van der Waals surface area (Å²) in [4.78, 5) is 11.1. The van der Waals surface area contributed by atoms with Gasteiger partial charge in [0.05, 0.1) is 5.69 Å². The molecule has 1 amide bonds. The van der Waals surface area contributed by atoms with E-state index in [9.17, 15) is 9.18 Å². The smallest absolute Gasteiger partial charge is 0.221 e. The van der Waals surface area contributed by atoms with Gasteiger partial charge in [0.2, 0.25) is 5.91 Å². The minimum absolute atomic E-state index is 0.278. The van der Waals surface area contributed by atoms with Crippen LogP contribution in [0.15, 0.2) is 42.5 Å². The highest BCUT2D eigenvalue weighted by atomic mass is 19.1. The van der Waals surface area contributed by atoms with Gasteiger partial charge in [-0.15, -0.1) is 0 Å². The van der Waals surface area contributed by atoms with Crippen molar-refractivity contribution < 1.29 is 13.9 Å². The van der Waals surface area contributed by atoms with Crippen LogP contribution in [0.1, 0.15) is 12.5 Å². The highest BCUT2D eigenvalue weighted by Gasteiger charge is 2.09. The second-order valence-corrected chi connectivity index (χ2v) is 4.19. The second-order valence-electron chi connectivity index (χ2n) is 4.19. The maximum absolute atomic E-state index is 13.2. The van der Waals surface area contributed by atoms with Crippen LogP contribution < -0.4 is 10.1 Å². The third-order valence-corrected chi connectivity index (χ3v) is 2.57. The van der Waals surface area contributed by atoms with Gasteiger partial charge in [0.1, 0.15) is 11.6 Å². The highest BCUT2D eigenvalue weighted by molar-refractivity contribution is 5.90. The van der Waals surface area contributed by atoms with Crippen molar-refractivity contribution in [3.8, 4) is 11.5 Å². The van der Waals surface area contributed by atoms with E-state index in [1.54, 1.807) is 0 Å². The lowest BCUT2D eigenvalue weighted by molar-refractivity contribution is -0.114. The number of anilines is 1. The summed E-state index contributed by atoms with van der Waals surface area (Å²) >= 11 is 0. The van der Waals surface area contributed by atoms with Gasteiger partial charge in [-0.3, -0.25) is 4.79 Å². The van der Waals surface area contributed by atoms with Gasteiger partial charge in [-0.2, -0.15) is 0 Å². The van der Waals surface area contributed by atoms with Crippen LogP contribution in [0.2, 0.25) is 0 Å². The number of nitrogens with one attached hydrogen (secondary N) is 1. The largest absolute Gasteiger partial charge is 0.455 e. The third-order valence-electron chi connectivity index (χ3n) is 2.57. The SMILES string of the molecule is CC(=O)Nc1cc(F)ccc1Oc1ccccc1C. The first-order valence-electron chi connectivity index (χ1n) is 5.87. The standard InChI is InChI=1S/C15H14FNO2/c1-10-5-3-4-6-14(10)19-15-8-7-12(16)9-13(15)17-11(2)18/h3-9H,1-2H3,(H,17,18). The first kappa shape index (κ1) is 13.1. The van der Waals surface area contributed by atoms with Crippen LogP contribution in [-0.4, -0.2) is 5.91 Å². The van der Waals surface area contributed by atoms with E-state index in [1.165, 1.54) is 25.1 Å². The molecule has 1 N–H and O–H groups in total. The summed E-state index contributed by atoms with van der Waals surface area (Å²) < 4.78 is 18.9. The molecule has 98 valence electrons. The van der Waals surface area contributed by atoms with E-state index < -0.39 is 5.82 Å². The Morgan fingerprint density at radius 3 is 2.58 bits per heavy atom. The Labute approximate surface area is 111 Å². The lowest BCUT2D eigenvalue weighted by Gasteiger charge is -2.13. The Kier molecular flexibility index (Phi) is 3.80. The molecule has 0 bridgehead atoms. The topological polar surface area (TPSA) is 38.3 Å². The van der Waals surface area contributed by atoms with Crippen LogP contribution >= 0.6 is 0 Å². The molecule has 2 aromatic carbocycles. The number of benzene rings is 2. The number of amides is 1. The molecule has 0 fully saturated rings. The fourth-order valence-corrected chi connectivity index (χ4v) is 1.67. The van der Waals surface area contributed by atoms with Gasteiger partial charge in [0.25, 0.3) is 0 Å². The van der Waals surface area contributed by atoms with Crippen molar-refractivity contribution in [3.63, 3.8) is 0 Å². The second kappa shape index (κ2) is 5.52. The molecule has 19 heavy (non-hydrogen) atoms. The number of halogens is 1. The maximum Gasteiger partial charge on any atom is 0.221 e. The predicted molar refractivity (Wildman–Crippen MR) is 72.0 cm³/mol. The zero-order valence-electron chi connectivity index (χ0n) is 10.7. The fourth-order valence-electron chi connectivity index (χ4n) is 1.67. The van der Waals surface area contributed by atoms with Crippen molar-refractivity contribution in [1.82, 2.24) is 0 Å². The van der Waals surface area contributed by atoms with Gasteiger partial charge >= 0.3 is 0 Å². The number of rotatable bonds is 3. The number of carbonyl (C=O) groups is 1. The summed E-state index contributed by atoms with van der Waals surface area (Å²) in [6.07, 6.45) is 0. The van der Waals surface area contributed by atoms with Gasteiger partial charge in [0.15, 0.2) is 5.75 Å². The summed E-state index contributed by atoms with van der Waals surface area (Å²) in [6, 6.07) is 11.5. The number of ether oxygens (including phenoxy) is 1. The molecule has 0 atom stereocenters. The molecule has 0 spiro atoms. The molecule has 2 rings (SSSR count). The van der Waals surface area contributed by atoms with Crippen LogP contribution in [0.3, 0.4) is 0 Å². The molecule has 3 nitrogen and oxygen atoms in total. The van der Waals surface area contributed by atoms with Crippen molar-refractivity contribution >= 4 is 11.6 Å². The minimum atomic E-state index is -0.430. The van der Waals surface area contributed by atoms with Crippen LogP contribution in [0.5, 0.6) is 11.5 Å². The van der Waals surface area contributed by atoms with Gasteiger partial charge in [-0.05, 0) is 30.7 Å². The molecule has 0 radical (unpaired) electrons. The fraction of sp³-hybridized carbons (Fsp3) is 0.133. The normalized spacial score (nSPS) is 10.1. The minimum Gasteiger partial charge on any atom is -0.455 e. The van der Waals surface area contributed by atoms with Crippen LogP contribution in [0, 0.1) is 12.7 Å². The number of para-hydroxylation sites is 1. The lowest BCUT2D eigenvalue weighted by Crippen LogP contribution is -2.07. The summed E-state index contributed by atoms with van der Waals surface area (Å²) in [6.45, 7) is 3.28. The first-order chi connectivity index (χ1) is 9.06. The Bertz CT molecular complexity index is 611. The zero-order valence-corrected chi connectivity index (χ0v) is 10.7. The summed E-state index contributed by atoms with van der Waals surface area (Å²) in [5, 5.41) is 2.55. The van der Waals surface area contributed by atoms with Crippen molar-refractivity contribution in [3.05, 3.63) is 53.8 Å².